The summed E-state index contributed by atoms with van der Waals surface area (Å²) in [5.74, 6) is 0. The van der Waals surface area contributed by atoms with Gasteiger partial charge in [-0.1, -0.05) is 0 Å². The van der Waals surface area contributed by atoms with E-state index >= 15 is 0 Å². The lowest BCUT2D eigenvalue weighted by molar-refractivity contribution is 0.109. The Morgan fingerprint density at radius 2 is 1.73 bits per heavy atom. The van der Waals surface area contributed by atoms with Crippen LogP contribution in [0.1, 0.15) is 0 Å². The summed E-state index contributed by atoms with van der Waals surface area (Å²) < 4.78 is 30.9. The van der Waals surface area contributed by atoms with Crippen molar-refractivity contribution in [3.8, 4) is 0 Å². The summed E-state index contributed by atoms with van der Waals surface area (Å²) in [6.07, 6.45) is 0.715. The fraction of sp³-hybridized carbons (Fsp3) is 1.00. The third kappa shape index (κ3) is 17.7. The fourth-order valence-electron chi connectivity index (χ4n) is 0.516. The monoisotopic (exact) mass is 183 g/mol. The molecule has 1 saturated heterocycles. The van der Waals surface area contributed by atoms with E-state index in [0.29, 0.717) is 6.26 Å². The largest absolute Gasteiger partial charge is 0.379 e. The molecule has 2 N–H and O–H groups in total. The van der Waals surface area contributed by atoms with Gasteiger partial charge in [-0.25, -0.2) is 0 Å². The minimum absolute atomic E-state index is 0.715. The van der Waals surface area contributed by atoms with E-state index < -0.39 is 10.1 Å². The minimum Gasteiger partial charge on any atom is -0.379 e. The molecule has 0 saturated carbocycles. The van der Waals surface area contributed by atoms with Gasteiger partial charge in [-0.15, -0.1) is 0 Å². The number of hydrogen-bond acceptors (Lipinski definition) is 4. The second-order valence-corrected chi connectivity index (χ2v) is 3.56. The van der Waals surface area contributed by atoms with Crippen LogP contribution in [0.3, 0.4) is 0 Å². The topological polar surface area (TPSA) is 75.6 Å². The van der Waals surface area contributed by atoms with Crippen molar-refractivity contribution in [1.29, 1.82) is 0 Å². The van der Waals surface area contributed by atoms with E-state index in [-0.39, 0.29) is 0 Å². The maximum Gasteiger partial charge on any atom is 0.261 e. The molecule has 0 bridgehead atoms. The van der Waals surface area contributed by atoms with E-state index in [4.69, 9.17) is 9.29 Å². The zero-order chi connectivity index (χ0) is 8.74. The summed E-state index contributed by atoms with van der Waals surface area (Å²) in [6.45, 7) is 3.83. The summed E-state index contributed by atoms with van der Waals surface area (Å²) in [6, 6.07) is 0. The zero-order valence-electron chi connectivity index (χ0n) is 6.41. The lowest BCUT2D eigenvalue weighted by Crippen LogP contribution is -2.30. The van der Waals surface area contributed by atoms with Crippen molar-refractivity contribution in [2.75, 3.05) is 32.6 Å². The van der Waals surface area contributed by atoms with E-state index in [2.05, 4.69) is 5.32 Å². The van der Waals surface area contributed by atoms with Crippen LogP contribution >= 0.6 is 0 Å². The van der Waals surface area contributed by atoms with Crippen molar-refractivity contribution in [2.45, 2.75) is 0 Å². The van der Waals surface area contributed by atoms with Gasteiger partial charge in [0, 0.05) is 13.1 Å². The van der Waals surface area contributed by atoms with Crippen LogP contribution in [0.25, 0.3) is 0 Å². The molecular formula is C5H13NO4S. The highest BCUT2D eigenvalue weighted by Gasteiger charge is 1.92. The van der Waals surface area contributed by atoms with Crippen LogP contribution in [-0.2, 0) is 14.9 Å². The Kier molecular flexibility index (Phi) is 5.39. The molecule has 1 heterocycles. The van der Waals surface area contributed by atoms with Crippen molar-refractivity contribution >= 4 is 10.1 Å². The Morgan fingerprint density at radius 1 is 1.36 bits per heavy atom. The maximum atomic E-state index is 9.19. The van der Waals surface area contributed by atoms with E-state index in [1.54, 1.807) is 0 Å². The van der Waals surface area contributed by atoms with Crippen LogP contribution < -0.4 is 5.32 Å². The van der Waals surface area contributed by atoms with Gasteiger partial charge in [0.05, 0.1) is 19.5 Å². The van der Waals surface area contributed by atoms with Gasteiger partial charge in [-0.3, -0.25) is 4.55 Å². The van der Waals surface area contributed by atoms with Gasteiger partial charge in [0.25, 0.3) is 10.1 Å². The molecule has 0 aromatic rings. The summed E-state index contributed by atoms with van der Waals surface area (Å²) in [7, 11) is -3.67. The van der Waals surface area contributed by atoms with Gasteiger partial charge in [0.2, 0.25) is 0 Å². The van der Waals surface area contributed by atoms with Crippen molar-refractivity contribution < 1.29 is 17.7 Å². The van der Waals surface area contributed by atoms with Gasteiger partial charge < -0.3 is 10.1 Å². The van der Waals surface area contributed by atoms with Crippen LogP contribution in [0.5, 0.6) is 0 Å². The molecule has 6 heteroatoms. The molecule has 0 aromatic heterocycles. The fourth-order valence-corrected chi connectivity index (χ4v) is 0.516. The number of rotatable bonds is 0. The number of morpholine rings is 1. The Labute approximate surface area is 66.5 Å². The predicted molar refractivity (Wildman–Crippen MR) is 41.2 cm³/mol. The minimum atomic E-state index is -3.67. The molecule has 0 aliphatic carbocycles. The lowest BCUT2D eigenvalue weighted by Gasteiger charge is -2.10. The van der Waals surface area contributed by atoms with Crippen LogP contribution in [0, 0.1) is 0 Å². The molecule has 0 radical (unpaired) electrons. The highest BCUT2D eigenvalue weighted by atomic mass is 32.2. The average Bonchev–Trinajstić information content (AvgIpc) is 1.88. The molecule has 5 nitrogen and oxygen atoms in total. The molecule has 1 aliphatic rings. The molecule has 0 atom stereocenters. The van der Waals surface area contributed by atoms with Crippen LogP contribution in [0.4, 0.5) is 0 Å². The van der Waals surface area contributed by atoms with Crippen molar-refractivity contribution in [3.05, 3.63) is 0 Å². The first-order valence-corrected chi connectivity index (χ1v) is 5.06. The molecule has 0 aromatic carbocycles. The van der Waals surface area contributed by atoms with Crippen molar-refractivity contribution in [3.63, 3.8) is 0 Å². The summed E-state index contributed by atoms with van der Waals surface area (Å²) in [4.78, 5) is 0. The summed E-state index contributed by atoms with van der Waals surface area (Å²) in [5.41, 5.74) is 0. The SMILES string of the molecule is C1COCCN1.CS(=O)(=O)O. The number of hydrogen-bond donors (Lipinski definition) is 2. The van der Waals surface area contributed by atoms with Gasteiger partial charge in [-0.05, 0) is 0 Å². The van der Waals surface area contributed by atoms with Crippen LogP contribution in [0.2, 0.25) is 0 Å². The van der Waals surface area contributed by atoms with E-state index in [9.17, 15) is 8.42 Å². The Balaban J connectivity index is 0.000000187. The van der Waals surface area contributed by atoms with Gasteiger partial charge >= 0.3 is 0 Å². The third-order valence-electron chi connectivity index (χ3n) is 0.846. The summed E-state index contributed by atoms with van der Waals surface area (Å²) in [5, 5.41) is 3.16. The first-order valence-electron chi connectivity index (χ1n) is 3.21. The second kappa shape index (κ2) is 5.48. The zero-order valence-corrected chi connectivity index (χ0v) is 7.23. The van der Waals surface area contributed by atoms with E-state index in [1.807, 2.05) is 0 Å². The normalized spacial score (nSPS) is 18.4. The average molecular weight is 183 g/mol. The highest BCUT2D eigenvalue weighted by molar-refractivity contribution is 7.85. The first kappa shape index (κ1) is 10.8. The third-order valence-corrected chi connectivity index (χ3v) is 0.846. The van der Waals surface area contributed by atoms with Crippen molar-refractivity contribution in [2.24, 2.45) is 0 Å². The molecule has 1 fully saturated rings. The first-order chi connectivity index (χ1) is 5.00. The Bertz CT molecular complexity index is 153. The molecule has 11 heavy (non-hydrogen) atoms. The molecule has 1 rings (SSSR count). The van der Waals surface area contributed by atoms with E-state index in [1.165, 1.54) is 0 Å². The molecule has 0 unspecified atom stereocenters. The Morgan fingerprint density at radius 3 is 1.82 bits per heavy atom. The molecule has 68 valence electrons. The number of nitrogens with one attached hydrogen (secondary N) is 1. The summed E-state index contributed by atoms with van der Waals surface area (Å²) >= 11 is 0. The van der Waals surface area contributed by atoms with E-state index in [0.717, 1.165) is 26.3 Å². The number of ether oxygens (including phenoxy) is 1. The molecule has 1 aliphatic heterocycles. The van der Waals surface area contributed by atoms with Gasteiger partial charge in [0.15, 0.2) is 0 Å². The maximum absolute atomic E-state index is 9.19. The van der Waals surface area contributed by atoms with Crippen LogP contribution in [0.15, 0.2) is 0 Å². The van der Waals surface area contributed by atoms with Crippen LogP contribution in [-0.4, -0.2) is 45.5 Å². The second-order valence-electron chi connectivity index (χ2n) is 2.10. The Hall–Kier alpha value is -0.170. The molecule has 0 amide bonds. The quantitative estimate of drug-likeness (QED) is 0.476. The smallest absolute Gasteiger partial charge is 0.261 e. The standard InChI is InChI=1S/C4H9NO.CH4O3S/c1-3-6-4-2-5-1;1-5(2,3)4/h5H,1-4H2;1H3,(H,2,3,4). The van der Waals surface area contributed by atoms with Gasteiger partial charge in [-0.2, -0.15) is 8.42 Å². The molecule has 0 spiro atoms. The van der Waals surface area contributed by atoms with Gasteiger partial charge in [0.1, 0.15) is 0 Å². The van der Waals surface area contributed by atoms with Crippen molar-refractivity contribution in [1.82, 2.24) is 5.32 Å². The lowest BCUT2D eigenvalue weighted by atomic mass is 10.5. The predicted octanol–water partition coefficient (Wildman–Crippen LogP) is -0.890. The molecular weight excluding hydrogens is 170 g/mol. The highest BCUT2D eigenvalue weighted by Crippen LogP contribution is 1.76.